The van der Waals surface area contributed by atoms with Crippen LogP contribution in [0, 0.1) is 12.8 Å². The molecular formula is C13H18N4O4. The van der Waals surface area contributed by atoms with Crippen LogP contribution in [0.1, 0.15) is 31.0 Å². The van der Waals surface area contributed by atoms with Crippen LogP contribution in [-0.2, 0) is 11.2 Å². The van der Waals surface area contributed by atoms with E-state index in [2.05, 4.69) is 15.5 Å². The lowest BCUT2D eigenvalue weighted by molar-refractivity contribution is -0.142. The summed E-state index contributed by atoms with van der Waals surface area (Å²) in [5.74, 6) is -0.173. The fraction of sp³-hybridized carbons (Fsp3) is 0.692. The van der Waals surface area contributed by atoms with E-state index in [9.17, 15) is 14.7 Å². The van der Waals surface area contributed by atoms with Crippen molar-refractivity contribution in [3.8, 4) is 0 Å². The third-order valence-electron chi connectivity index (χ3n) is 4.27. The molecule has 3 atom stereocenters. The predicted octanol–water partition coefficient (Wildman–Crippen LogP) is 0.568. The molecule has 0 aromatic carbocycles. The summed E-state index contributed by atoms with van der Waals surface area (Å²) in [4.78, 5) is 29.2. The Kier molecular flexibility index (Phi) is 3.52. The normalized spacial score (nSPS) is 27.1. The van der Waals surface area contributed by atoms with E-state index in [0.717, 1.165) is 12.8 Å². The highest BCUT2D eigenvalue weighted by Crippen LogP contribution is 2.41. The van der Waals surface area contributed by atoms with Crippen LogP contribution in [0.25, 0.3) is 0 Å². The van der Waals surface area contributed by atoms with Crippen molar-refractivity contribution in [1.82, 2.24) is 20.4 Å². The number of nitrogens with one attached hydrogen (secondary N) is 1. The van der Waals surface area contributed by atoms with E-state index in [4.69, 9.17) is 4.52 Å². The zero-order valence-corrected chi connectivity index (χ0v) is 11.8. The summed E-state index contributed by atoms with van der Waals surface area (Å²) in [5, 5.41) is 15.7. The number of nitrogens with zero attached hydrogens (tertiary/aromatic N) is 3. The molecule has 2 fully saturated rings. The van der Waals surface area contributed by atoms with Gasteiger partial charge >= 0.3 is 12.0 Å². The van der Waals surface area contributed by atoms with Gasteiger partial charge in [-0.3, -0.25) is 4.79 Å². The number of carbonyl (C=O) groups is 2. The van der Waals surface area contributed by atoms with Gasteiger partial charge in [0.05, 0.1) is 5.92 Å². The number of aromatic nitrogens is 2. The Morgan fingerprint density at radius 3 is 2.90 bits per heavy atom. The van der Waals surface area contributed by atoms with Crippen LogP contribution in [-0.4, -0.2) is 50.8 Å². The van der Waals surface area contributed by atoms with Gasteiger partial charge in [-0.15, -0.1) is 0 Å². The van der Waals surface area contributed by atoms with Gasteiger partial charge in [0, 0.05) is 25.0 Å². The molecule has 3 unspecified atom stereocenters. The van der Waals surface area contributed by atoms with Crippen LogP contribution < -0.4 is 5.32 Å². The van der Waals surface area contributed by atoms with Crippen molar-refractivity contribution >= 4 is 12.0 Å². The Hall–Kier alpha value is -2.12. The number of carboxylic acids is 1. The molecule has 21 heavy (non-hydrogen) atoms. The maximum Gasteiger partial charge on any atom is 0.317 e. The molecule has 8 nitrogen and oxygen atoms in total. The molecule has 2 saturated heterocycles. The minimum Gasteiger partial charge on any atom is -0.481 e. The van der Waals surface area contributed by atoms with Crippen molar-refractivity contribution in [2.45, 2.75) is 44.7 Å². The van der Waals surface area contributed by atoms with Crippen LogP contribution in [0.3, 0.4) is 0 Å². The Morgan fingerprint density at radius 2 is 2.29 bits per heavy atom. The van der Waals surface area contributed by atoms with Gasteiger partial charge < -0.3 is 19.8 Å². The lowest BCUT2D eigenvalue weighted by atomic mass is 9.89. The second-order valence-corrected chi connectivity index (χ2v) is 5.60. The number of carbonyl (C=O) groups excluding carboxylic acids is 1. The summed E-state index contributed by atoms with van der Waals surface area (Å²) in [6.07, 6.45) is 2.71. The fourth-order valence-electron chi connectivity index (χ4n) is 3.38. The van der Waals surface area contributed by atoms with Crippen molar-refractivity contribution in [1.29, 1.82) is 0 Å². The average Bonchev–Trinajstić information content (AvgIpc) is 3.12. The minimum atomic E-state index is -0.804. The number of amides is 2. The largest absolute Gasteiger partial charge is 0.481 e. The number of fused-ring (bicyclic) bond motifs is 2. The third kappa shape index (κ3) is 2.57. The van der Waals surface area contributed by atoms with E-state index in [1.165, 1.54) is 0 Å². The number of hydrogen-bond acceptors (Lipinski definition) is 5. The third-order valence-corrected chi connectivity index (χ3v) is 4.27. The summed E-state index contributed by atoms with van der Waals surface area (Å²) in [6.45, 7) is 2.13. The Morgan fingerprint density at radius 1 is 1.48 bits per heavy atom. The van der Waals surface area contributed by atoms with Gasteiger partial charge in [-0.2, -0.15) is 4.98 Å². The van der Waals surface area contributed by atoms with Crippen molar-refractivity contribution in [3.63, 3.8) is 0 Å². The zero-order chi connectivity index (χ0) is 15.0. The van der Waals surface area contributed by atoms with Gasteiger partial charge in [-0.1, -0.05) is 5.16 Å². The van der Waals surface area contributed by atoms with E-state index >= 15 is 0 Å². The fourth-order valence-corrected chi connectivity index (χ4v) is 3.38. The van der Waals surface area contributed by atoms with Gasteiger partial charge in [-0.05, 0) is 26.2 Å². The molecule has 2 bridgehead atoms. The first kappa shape index (κ1) is 13.8. The molecule has 0 aliphatic carbocycles. The molecule has 3 rings (SSSR count). The number of rotatable bonds is 4. The molecule has 2 aliphatic rings. The lowest BCUT2D eigenvalue weighted by Crippen LogP contribution is -2.44. The van der Waals surface area contributed by atoms with Gasteiger partial charge in [0.25, 0.3) is 0 Å². The predicted molar refractivity (Wildman–Crippen MR) is 70.5 cm³/mol. The molecule has 2 N–H and O–H groups in total. The van der Waals surface area contributed by atoms with Crippen molar-refractivity contribution in [2.24, 2.45) is 5.92 Å². The van der Waals surface area contributed by atoms with E-state index in [-0.39, 0.29) is 18.1 Å². The van der Waals surface area contributed by atoms with Crippen LogP contribution in [0.2, 0.25) is 0 Å². The van der Waals surface area contributed by atoms with Crippen LogP contribution in [0.5, 0.6) is 0 Å². The number of aliphatic carboxylic acids is 1. The molecule has 0 radical (unpaired) electrons. The molecule has 1 aromatic heterocycles. The molecule has 2 aliphatic heterocycles. The summed E-state index contributed by atoms with van der Waals surface area (Å²) >= 11 is 0. The monoisotopic (exact) mass is 294 g/mol. The number of carboxylic acid groups (broad SMARTS) is 1. The number of urea groups is 1. The summed E-state index contributed by atoms with van der Waals surface area (Å²) in [5.41, 5.74) is 0. The molecule has 0 spiro atoms. The summed E-state index contributed by atoms with van der Waals surface area (Å²) < 4.78 is 4.97. The molecule has 0 saturated carbocycles. The van der Waals surface area contributed by atoms with Gasteiger partial charge in [0.2, 0.25) is 5.89 Å². The van der Waals surface area contributed by atoms with Crippen molar-refractivity contribution in [2.75, 3.05) is 6.54 Å². The number of hydrogen-bond donors (Lipinski definition) is 2. The van der Waals surface area contributed by atoms with Crippen LogP contribution >= 0.6 is 0 Å². The highest BCUT2D eigenvalue weighted by atomic mass is 16.5. The first-order valence-corrected chi connectivity index (χ1v) is 7.14. The second-order valence-electron chi connectivity index (χ2n) is 5.60. The minimum absolute atomic E-state index is 0.0572. The van der Waals surface area contributed by atoms with E-state index < -0.39 is 11.9 Å². The van der Waals surface area contributed by atoms with Crippen molar-refractivity contribution in [3.05, 3.63) is 11.7 Å². The van der Waals surface area contributed by atoms with Gasteiger partial charge in [-0.25, -0.2) is 4.79 Å². The Bertz CT molecular complexity index is 558. The zero-order valence-electron chi connectivity index (χ0n) is 11.8. The quantitative estimate of drug-likeness (QED) is 0.840. The molecule has 114 valence electrons. The average molecular weight is 294 g/mol. The first-order valence-electron chi connectivity index (χ1n) is 7.14. The number of aryl methyl sites for hydroxylation is 1. The highest BCUT2D eigenvalue weighted by Gasteiger charge is 2.51. The molecule has 3 heterocycles. The maximum absolute atomic E-state index is 12.2. The summed E-state index contributed by atoms with van der Waals surface area (Å²) in [7, 11) is 0. The topological polar surface area (TPSA) is 109 Å². The highest BCUT2D eigenvalue weighted by molar-refractivity contribution is 5.79. The van der Waals surface area contributed by atoms with E-state index in [1.54, 1.807) is 11.8 Å². The van der Waals surface area contributed by atoms with E-state index in [1.807, 2.05) is 0 Å². The second kappa shape index (κ2) is 5.34. The van der Waals surface area contributed by atoms with Crippen molar-refractivity contribution < 1.29 is 19.2 Å². The Labute approximate surface area is 121 Å². The van der Waals surface area contributed by atoms with Crippen LogP contribution in [0.4, 0.5) is 4.79 Å². The smallest absolute Gasteiger partial charge is 0.317 e. The molecule has 1 aromatic rings. The van der Waals surface area contributed by atoms with E-state index in [0.29, 0.717) is 31.1 Å². The van der Waals surface area contributed by atoms with Gasteiger partial charge in [0.15, 0.2) is 5.82 Å². The molecule has 8 heteroatoms. The first-order chi connectivity index (χ1) is 10.1. The standard InChI is InChI=1S/C13H18N4O4/c1-7-15-11(21-16-7)4-5-14-13(20)17-8-2-3-10(17)9(6-8)12(18)19/h8-10H,2-6H2,1H3,(H,14,20)(H,18,19). The maximum atomic E-state index is 12.2. The lowest BCUT2D eigenvalue weighted by Gasteiger charge is -2.23. The molecular weight excluding hydrogens is 276 g/mol. The van der Waals surface area contributed by atoms with Crippen LogP contribution in [0.15, 0.2) is 4.52 Å². The van der Waals surface area contributed by atoms with Gasteiger partial charge in [0.1, 0.15) is 0 Å². The molecule has 2 amide bonds. The SMILES string of the molecule is Cc1noc(CCNC(=O)N2C3CCC2C(C(=O)O)C3)n1. The summed E-state index contributed by atoms with van der Waals surface area (Å²) in [6, 6.07) is -0.303. The Balaban J connectivity index is 1.53.